The fourth-order valence-electron chi connectivity index (χ4n) is 3.64. The van der Waals surface area contributed by atoms with Gasteiger partial charge in [0, 0.05) is 18.6 Å². The van der Waals surface area contributed by atoms with Gasteiger partial charge in [-0.05, 0) is 58.4 Å². The van der Waals surface area contributed by atoms with E-state index < -0.39 is 17.2 Å². The van der Waals surface area contributed by atoms with Crippen molar-refractivity contribution in [3.05, 3.63) is 48.6 Å². The molecule has 29 heavy (non-hydrogen) atoms. The zero-order chi connectivity index (χ0) is 21.5. The monoisotopic (exact) mass is 402 g/mol. The first-order chi connectivity index (χ1) is 13.6. The zero-order valence-electron chi connectivity index (χ0n) is 18.1. The molecule has 1 aliphatic rings. The van der Waals surface area contributed by atoms with Crippen LogP contribution in [0.4, 0.5) is 9.59 Å². The van der Waals surface area contributed by atoms with Crippen molar-refractivity contribution in [3.8, 4) is 0 Å². The standard InChI is InChI=1S/C23H34N2O4/c1-6-14-23(5,24-20(26)28-17-18-10-8-7-9-11-18)19-12-15-25(16-13-19)21(27)29-22(2,3)4/h6-11,19H,1,12-17H2,2-5H3,(H,24,26)/t23-/m0/s1. The Kier molecular flexibility index (Phi) is 7.71. The minimum atomic E-state index is -0.505. The summed E-state index contributed by atoms with van der Waals surface area (Å²) in [5.41, 5.74) is -0.0380. The van der Waals surface area contributed by atoms with Crippen LogP contribution in [0.25, 0.3) is 0 Å². The summed E-state index contributed by atoms with van der Waals surface area (Å²) in [4.78, 5) is 26.5. The van der Waals surface area contributed by atoms with Gasteiger partial charge in [-0.1, -0.05) is 36.4 Å². The van der Waals surface area contributed by atoms with Gasteiger partial charge in [0.15, 0.2) is 0 Å². The molecule has 2 rings (SSSR count). The molecule has 0 radical (unpaired) electrons. The van der Waals surface area contributed by atoms with Crippen molar-refractivity contribution in [2.45, 2.75) is 64.7 Å². The topological polar surface area (TPSA) is 67.9 Å². The lowest BCUT2D eigenvalue weighted by molar-refractivity contribution is 0.0133. The second-order valence-corrected chi connectivity index (χ2v) is 8.84. The molecule has 1 aromatic carbocycles. The summed E-state index contributed by atoms with van der Waals surface area (Å²) in [5.74, 6) is 0.212. The van der Waals surface area contributed by atoms with E-state index in [0.29, 0.717) is 19.5 Å². The van der Waals surface area contributed by atoms with Crippen molar-refractivity contribution >= 4 is 12.2 Å². The molecule has 1 heterocycles. The highest BCUT2D eigenvalue weighted by Gasteiger charge is 2.38. The zero-order valence-corrected chi connectivity index (χ0v) is 18.1. The lowest BCUT2D eigenvalue weighted by atomic mass is 9.77. The van der Waals surface area contributed by atoms with Crippen LogP contribution in [-0.2, 0) is 16.1 Å². The number of alkyl carbamates (subject to hydrolysis) is 1. The first kappa shape index (κ1) is 22.8. The van der Waals surface area contributed by atoms with Crippen LogP contribution in [0.1, 0.15) is 52.5 Å². The van der Waals surface area contributed by atoms with Crippen LogP contribution in [-0.4, -0.2) is 41.3 Å². The molecule has 0 aromatic heterocycles. The molecule has 0 saturated carbocycles. The fraction of sp³-hybridized carbons (Fsp3) is 0.565. The van der Waals surface area contributed by atoms with Crippen LogP contribution in [0.5, 0.6) is 0 Å². The first-order valence-corrected chi connectivity index (χ1v) is 10.2. The number of ether oxygens (including phenoxy) is 2. The maximum atomic E-state index is 12.4. The van der Waals surface area contributed by atoms with Gasteiger partial charge in [0.2, 0.25) is 0 Å². The highest BCUT2D eigenvalue weighted by atomic mass is 16.6. The highest BCUT2D eigenvalue weighted by molar-refractivity contribution is 5.69. The predicted molar refractivity (Wildman–Crippen MR) is 114 cm³/mol. The van der Waals surface area contributed by atoms with Crippen molar-refractivity contribution in [2.75, 3.05) is 13.1 Å². The van der Waals surface area contributed by atoms with Gasteiger partial charge in [-0.15, -0.1) is 6.58 Å². The van der Waals surface area contributed by atoms with Crippen molar-refractivity contribution in [2.24, 2.45) is 5.92 Å². The number of rotatable bonds is 6. The molecule has 6 nitrogen and oxygen atoms in total. The highest BCUT2D eigenvalue weighted by Crippen LogP contribution is 2.32. The average molecular weight is 403 g/mol. The number of hydrogen-bond acceptors (Lipinski definition) is 4. The van der Waals surface area contributed by atoms with E-state index in [9.17, 15) is 9.59 Å². The van der Waals surface area contributed by atoms with Crippen LogP contribution in [0.3, 0.4) is 0 Å². The third-order valence-corrected chi connectivity index (χ3v) is 5.22. The molecule has 6 heteroatoms. The van der Waals surface area contributed by atoms with Gasteiger partial charge in [-0.25, -0.2) is 9.59 Å². The summed E-state index contributed by atoms with van der Waals surface area (Å²) < 4.78 is 10.9. The minimum absolute atomic E-state index is 0.212. The minimum Gasteiger partial charge on any atom is -0.445 e. The molecule has 0 bridgehead atoms. The number of nitrogens with zero attached hydrogens (tertiary/aromatic N) is 1. The number of piperidine rings is 1. The van der Waals surface area contributed by atoms with Crippen molar-refractivity contribution in [1.29, 1.82) is 0 Å². The molecule has 1 aromatic rings. The molecule has 0 unspecified atom stereocenters. The summed E-state index contributed by atoms with van der Waals surface area (Å²) >= 11 is 0. The molecule has 0 spiro atoms. The van der Waals surface area contributed by atoms with Gasteiger partial charge < -0.3 is 19.7 Å². The number of likely N-dealkylation sites (tertiary alicyclic amines) is 1. The van der Waals surface area contributed by atoms with Crippen LogP contribution in [0.2, 0.25) is 0 Å². The molecular formula is C23H34N2O4. The Morgan fingerprint density at radius 2 is 1.79 bits per heavy atom. The largest absolute Gasteiger partial charge is 0.445 e. The molecule has 1 saturated heterocycles. The molecular weight excluding hydrogens is 368 g/mol. The van der Waals surface area contributed by atoms with E-state index in [1.807, 2.05) is 64.1 Å². The maximum absolute atomic E-state index is 12.4. The molecule has 0 aliphatic carbocycles. The van der Waals surface area contributed by atoms with E-state index in [4.69, 9.17) is 9.47 Å². The third kappa shape index (κ3) is 7.11. The number of benzene rings is 1. The molecule has 1 fully saturated rings. The Bertz CT molecular complexity index is 691. The van der Waals surface area contributed by atoms with Crippen LogP contribution in [0, 0.1) is 5.92 Å². The van der Waals surface area contributed by atoms with E-state index in [-0.39, 0.29) is 18.6 Å². The Morgan fingerprint density at radius 1 is 1.17 bits per heavy atom. The Hall–Kier alpha value is -2.50. The van der Waals surface area contributed by atoms with Gasteiger partial charge in [0.25, 0.3) is 0 Å². The quantitative estimate of drug-likeness (QED) is 0.688. The van der Waals surface area contributed by atoms with E-state index >= 15 is 0 Å². The summed E-state index contributed by atoms with van der Waals surface area (Å²) in [6.45, 7) is 12.9. The van der Waals surface area contributed by atoms with E-state index in [1.54, 1.807) is 4.90 Å². The van der Waals surface area contributed by atoms with Crippen molar-refractivity contribution < 1.29 is 19.1 Å². The lowest BCUT2D eigenvalue weighted by Gasteiger charge is -2.42. The normalized spacial score (nSPS) is 17.2. The summed E-state index contributed by atoms with van der Waals surface area (Å²) in [6, 6.07) is 9.59. The predicted octanol–water partition coefficient (Wildman–Crippen LogP) is 4.89. The number of carbonyl (C=O) groups excluding carboxylic acids is 2. The lowest BCUT2D eigenvalue weighted by Crippen LogP contribution is -2.55. The summed E-state index contributed by atoms with van der Waals surface area (Å²) in [6.07, 6.45) is 3.29. The second kappa shape index (κ2) is 9.81. The van der Waals surface area contributed by atoms with Crippen molar-refractivity contribution in [1.82, 2.24) is 10.2 Å². The van der Waals surface area contributed by atoms with E-state index in [1.165, 1.54) is 0 Å². The van der Waals surface area contributed by atoms with Gasteiger partial charge in [0.05, 0.1) is 0 Å². The molecule has 1 N–H and O–H groups in total. The van der Waals surface area contributed by atoms with E-state index in [2.05, 4.69) is 11.9 Å². The molecule has 1 aliphatic heterocycles. The average Bonchev–Trinajstić information content (AvgIpc) is 2.66. The number of nitrogens with one attached hydrogen (secondary N) is 1. The van der Waals surface area contributed by atoms with Crippen molar-refractivity contribution in [3.63, 3.8) is 0 Å². The number of hydrogen-bond donors (Lipinski definition) is 1. The first-order valence-electron chi connectivity index (χ1n) is 10.2. The molecule has 2 amide bonds. The third-order valence-electron chi connectivity index (χ3n) is 5.22. The fourth-order valence-corrected chi connectivity index (χ4v) is 3.64. The SMILES string of the molecule is C=CC[C@](C)(NC(=O)OCc1ccccc1)C1CCN(C(=O)OC(C)(C)C)CC1. The summed E-state index contributed by atoms with van der Waals surface area (Å²) in [7, 11) is 0. The van der Waals surface area contributed by atoms with Crippen LogP contribution >= 0.6 is 0 Å². The molecule has 1 atom stereocenters. The maximum Gasteiger partial charge on any atom is 0.410 e. The smallest absolute Gasteiger partial charge is 0.410 e. The van der Waals surface area contributed by atoms with Gasteiger partial charge in [0.1, 0.15) is 12.2 Å². The number of carbonyl (C=O) groups is 2. The molecule has 160 valence electrons. The Balaban J connectivity index is 1.91. The number of amides is 2. The van der Waals surface area contributed by atoms with Gasteiger partial charge in [-0.3, -0.25) is 0 Å². The van der Waals surface area contributed by atoms with E-state index in [0.717, 1.165) is 18.4 Å². The van der Waals surface area contributed by atoms with Gasteiger partial charge in [-0.2, -0.15) is 0 Å². The Labute approximate surface area is 174 Å². The van der Waals surface area contributed by atoms with Crippen LogP contribution in [0.15, 0.2) is 43.0 Å². The van der Waals surface area contributed by atoms with Crippen LogP contribution < -0.4 is 5.32 Å². The summed E-state index contributed by atoms with van der Waals surface area (Å²) in [5, 5.41) is 3.05. The Morgan fingerprint density at radius 3 is 2.34 bits per heavy atom. The van der Waals surface area contributed by atoms with Gasteiger partial charge >= 0.3 is 12.2 Å². The second-order valence-electron chi connectivity index (χ2n) is 8.84.